The molecule has 1 amide bonds. The monoisotopic (exact) mass is 339 g/mol. The molecule has 0 radical (unpaired) electrons. The molecule has 1 heterocycles. The average Bonchev–Trinajstić information content (AvgIpc) is 2.98. The van der Waals surface area contributed by atoms with Crippen molar-refractivity contribution < 1.29 is 9.21 Å². The maximum Gasteiger partial charge on any atom is 0.227 e. The molecular formula is C18H17N3O2S. The van der Waals surface area contributed by atoms with Crippen molar-refractivity contribution in [3.63, 3.8) is 0 Å². The lowest BCUT2D eigenvalue weighted by Gasteiger charge is -2.08. The lowest BCUT2D eigenvalue weighted by molar-refractivity contribution is -0.119. The minimum absolute atomic E-state index is 0.120. The Morgan fingerprint density at radius 3 is 2.67 bits per heavy atom. The zero-order valence-corrected chi connectivity index (χ0v) is 14.2. The number of benzene rings is 2. The SMILES string of the molecule is CCC(=O)NC(=S)Nc1ccc(-c2nc3ccc(C)cc3o2)cc1. The summed E-state index contributed by atoms with van der Waals surface area (Å²) in [6.45, 7) is 3.79. The molecule has 5 nitrogen and oxygen atoms in total. The van der Waals surface area contributed by atoms with Crippen LogP contribution in [0.4, 0.5) is 5.69 Å². The number of hydrogen-bond acceptors (Lipinski definition) is 4. The summed E-state index contributed by atoms with van der Waals surface area (Å²) in [7, 11) is 0. The summed E-state index contributed by atoms with van der Waals surface area (Å²) in [6.07, 6.45) is 0.387. The molecule has 0 spiro atoms. The molecule has 0 unspecified atom stereocenters. The second kappa shape index (κ2) is 6.80. The number of fused-ring (bicyclic) bond motifs is 1. The van der Waals surface area contributed by atoms with Gasteiger partial charge >= 0.3 is 0 Å². The van der Waals surface area contributed by atoms with Crippen molar-refractivity contribution in [2.75, 3.05) is 5.32 Å². The fourth-order valence-electron chi connectivity index (χ4n) is 2.23. The van der Waals surface area contributed by atoms with Gasteiger partial charge in [0.1, 0.15) is 5.52 Å². The van der Waals surface area contributed by atoms with E-state index in [0.29, 0.717) is 12.3 Å². The summed E-state index contributed by atoms with van der Waals surface area (Å²) in [5.74, 6) is 0.454. The Balaban J connectivity index is 1.75. The number of anilines is 1. The molecular weight excluding hydrogens is 322 g/mol. The Hall–Kier alpha value is -2.73. The smallest absolute Gasteiger partial charge is 0.227 e. The molecule has 3 rings (SSSR count). The normalized spacial score (nSPS) is 10.6. The van der Waals surface area contributed by atoms with Crippen LogP contribution in [-0.2, 0) is 4.79 Å². The molecule has 0 saturated carbocycles. The van der Waals surface area contributed by atoms with Crippen LogP contribution >= 0.6 is 12.2 Å². The fourth-order valence-corrected chi connectivity index (χ4v) is 2.46. The number of aromatic nitrogens is 1. The van der Waals surface area contributed by atoms with E-state index in [1.54, 1.807) is 6.92 Å². The van der Waals surface area contributed by atoms with Crippen LogP contribution in [-0.4, -0.2) is 16.0 Å². The Morgan fingerprint density at radius 1 is 1.21 bits per heavy atom. The number of amides is 1. The van der Waals surface area contributed by atoms with Crippen molar-refractivity contribution in [3.05, 3.63) is 48.0 Å². The van der Waals surface area contributed by atoms with Gasteiger partial charge in [-0.05, 0) is 61.1 Å². The van der Waals surface area contributed by atoms with E-state index in [9.17, 15) is 4.79 Å². The van der Waals surface area contributed by atoms with Gasteiger partial charge in [0.25, 0.3) is 0 Å². The van der Waals surface area contributed by atoms with Crippen molar-refractivity contribution in [1.82, 2.24) is 10.3 Å². The van der Waals surface area contributed by atoms with Gasteiger partial charge in [-0.25, -0.2) is 4.98 Å². The molecule has 24 heavy (non-hydrogen) atoms. The number of nitrogens with one attached hydrogen (secondary N) is 2. The van der Waals surface area contributed by atoms with Gasteiger partial charge in [-0.1, -0.05) is 13.0 Å². The molecule has 1 aromatic heterocycles. The number of carbonyl (C=O) groups is 1. The van der Waals surface area contributed by atoms with Crippen LogP contribution in [0.2, 0.25) is 0 Å². The van der Waals surface area contributed by atoms with Crippen molar-refractivity contribution in [1.29, 1.82) is 0 Å². The summed E-state index contributed by atoms with van der Waals surface area (Å²) >= 11 is 5.09. The molecule has 0 atom stereocenters. The highest BCUT2D eigenvalue weighted by atomic mass is 32.1. The molecule has 0 aliphatic carbocycles. The highest BCUT2D eigenvalue weighted by Crippen LogP contribution is 2.25. The van der Waals surface area contributed by atoms with E-state index in [2.05, 4.69) is 15.6 Å². The first-order chi connectivity index (χ1) is 11.5. The van der Waals surface area contributed by atoms with Gasteiger partial charge in [0.2, 0.25) is 11.8 Å². The van der Waals surface area contributed by atoms with E-state index in [0.717, 1.165) is 27.9 Å². The van der Waals surface area contributed by atoms with Crippen LogP contribution in [0, 0.1) is 6.92 Å². The topological polar surface area (TPSA) is 67.2 Å². The van der Waals surface area contributed by atoms with Crippen LogP contribution in [0.1, 0.15) is 18.9 Å². The number of thiocarbonyl (C=S) groups is 1. The van der Waals surface area contributed by atoms with E-state index in [1.807, 2.05) is 49.4 Å². The van der Waals surface area contributed by atoms with Crippen molar-refractivity contribution in [2.24, 2.45) is 0 Å². The molecule has 3 aromatic rings. The van der Waals surface area contributed by atoms with Crippen LogP contribution < -0.4 is 10.6 Å². The van der Waals surface area contributed by atoms with Crippen LogP contribution in [0.5, 0.6) is 0 Å². The zero-order chi connectivity index (χ0) is 17.1. The van der Waals surface area contributed by atoms with Gasteiger partial charge in [0.05, 0.1) is 0 Å². The number of aryl methyl sites for hydroxylation is 1. The van der Waals surface area contributed by atoms with Gasteiger partial charge < -0.3 is 15.1 Å². The van der Waals surface area contributed by atoms with E-state index < -0.39 is 0 Å². The second-order valence-electron chi connectivity index (χ2n) is 5.42. The van der Waals surface area contributed by atoms with E-state index in [1.165, 1.54) is 0 Å². The number of hydrogen-bond donors (Lipinski definition) is 2. The molecule has 0 saturated heterocycles. The first-order valence-electron chi connectivity index (χ1n) is 7.63. The molecule has 122 valence electrons. The van der Waals surface area contributed by atoms with Crippen molar-refractivity contribution >= 4 is 40.0 Å². The number of oxazole rings is 1. The Morgan fingerprint density at radius 2 is 1.96 bits per heavy atom. The van der Waals surface area contributed by atoms with Gasteiger partial charge in [-0.2, -0.15) is 0 Å². The molecule has 0 aliphatic rings. The summed E-state index contributed by atoms with van der Waals surface area (Å²) in [5, 5.41) is 5.85. The summed E-state index contributed by atoms with van der Waals surface area (Å²) in [6, 6.07) is 13.4. The minimum Gasteiger partial charge on any atom is -0.436 e. The number of carbonyl (C=O) groups excluding carboxylic acids is 1. The van der Waals surface area contributed by atoms with Gasteiger partial charge in [0, 0.05) is 17.7 Å². The standard InChI is InChI=1S/C18H17N3O2S/c1-3-16(22)21-18(24)19-13-7-5-12(6-8-13)17-20-14-9-4-11(2)10-15(14)23-17/h4-10H,3H2,1-2H3,(H2,19,21,22,24). The maximum absolute atomic E-state index is 11.3. The number of nitrogens with zero attached hydrogens (tertiary/aromatic N) is 1. The predicted octanol–water partition coefficient (Wildman–Crippen LogP) is 4.03. The Bertz CT molecular complexity index is 900. The molecule has 0 fully saturated rings. The second-order valence-corrected chi connectivity index (χ2v) is 5.83. The first kappa shape index (κ1) is 16.1. The minimum atomic E-state index is -0.120. The molecule has 2 aromatic carbocycles. The van der Waals surface area contributed by atoms with Crippen LogP contribution in [0.25, 0.3) is 22.6 Å². The summed E-state index contributed by atoms with van der Waals surface area (Å²) < 4.78 is 5.81. The van der Waals surface area contributed by atoms with Gasteiger partial charge in [0.15, 0.2) is 10.7 Å². The molecule has 0 aliphatic heterocycles. The quantitative estimate of drug-likeness (QED) is 0.705. The van der Waals surface area contributed by atoms with E-state index >= 15 is 0 Å². The predicted molar refractivity (Wildman–Crippen MR) is 98.8 cm³/mol. The fraction of sp³-hybridized carbons (Fsp3) is 0.167. The highest BCUT2D eigenvalue weighted by Gasteiger charge is 2.09. The summed E-state index contributed by atoms with van der Waals surface area (Å²) in [4.78, 5) is 15.8. The Kier molecular flexibility index (Phi) is 4.57. The largest absolute Gasteiger partial charge is 0.436 e. The Labute approximate surface area is 145 Å². The summed E-state index contributed by atoms with van der Waals surface area (Å²) in [5.41, 5.74) is 4.40. The lowest BCUT2D eigenvalue weighted by Crippen LogP contribution is -2.33. The maximum atomic E-state index is 11.3. The lowest BCUT2D eigenvalue weighted by atomic mass is 10.2. The zero-order valence-electron chi connectivity index (χ0n) is 13.4. The number of rotatable bonds is 3. The van der Waals surface area contributed by atoms with Crippen molar-refractivity contribution in [2.45, 2.75) is 20.3 Å². The first-order valence-corrected chi connectivity index (χ1v) is 8.04. The van der Waals surface area contributed by atoms with Gasteiger partial charge in [-0.15, -0.1) is 0 Å². The molecule has 0 bridgehead atoms. The van der Waals surface area contributed by atoms with Crippen LogP contribution in [0.15, 0.2) is 46.9 Å². The van der Waals surface area contributed by atoms with Gasteiger partial charge in [-0.3, -0.25) is 4.79 Å². The average molecular weight is 339 g/mol. The molecule has 2 N–H and O–H groups in total. The van der Waals surface area contributed by atoms with Crippen molar-refractivity contribution in [3.8, 4) is 11.5 Å². The third kappa shape index (κ3) is 3.60. The highest BCUT2D eigenvalue weighted by molar-refractivity contribution is 7.80. The van der Waals surface area contributed by atoms with Crippen LogP contribution in [0.3, 0.4) is 0 Å². The third-order valence-corrected chi connectivity index (χ3v) is 3.71. The van der Waals surface area contributed by atoms with E-state index in [4.69, 9.17) is 16.6 Å². The third-order valence-electron chi connectivity index (χ3n) is 3.51. The molecule has 6 heteroatoms. The van der Waals surface area contributed by atoms with E-state index in [-0.39, 0.29) is 11.0 Å².